The van der Waals surface area contributed by atoms with Crippen LogP contribution in [0.5, 0.6) is 0 Å². The molecule has 1 aliphatic heterocycles. The Hall–Kier alpha value is -3.95. The lowest BCUT2D eigenvalue weighted by atomic mass is 9.99. The average molecular weight is 495 g/mol. The minimum atomic E-state index is -0.979. The summed E-state index contributed by atoms with van der Waals surface area (Å²) in [6, 6.07) is 7.94. The first-order valence-electron chi connectivity index (χ1n) is 11.7. The zero-order valence-electron chi connectivity index (χ0n) is 20.0. The Bertz CT molecular complexity index is 1420. The van der Waals surface area contributed by atoms with Crippen molar-refractivity contribution in [2.24, 2.45) is 7.05 Å². The number of benzene rings is 2. The first-order valence-corrected chi connectivity index (χ1v) is 11.7. The van der Waals surface area contributed by atoms with Crippen molar-refractivity contribution in [1.29, 1.82) is 0 Å². The van der Waals surface area contributed by atoms with Gasteiger partial charge in [0.15, 0.2) is 17.3 Å². The maximum atomic E-state index is 13.7. The molecule has 0 aliphatic carbocycles. The summed E-state index contributed by atoms with van der Waals surface area (Å²) in [6.45, 7) is 1.07. The van der Waals surface area contributed by atoms with E-state index in [1.165, 1.54) is 18.3 Å². The van der Waals surface area contributed by atoms with E-state index in [1.807, 2.05) is 16.8 Å². The molecule has 1 unspecified atom stereocenters. The van der Waals surface area contributed by atoms with E-state index >= 15 is 0 Å². The van der Waals surface area contributed by atoms with E-state index in [1.54, 1.807) is 30.1 Å². The third kappa shape index (κ3) is 4.62. The van der Waals surface area contributed by atoms with Gasteiger partial charge in [-0.1, -0.05) is 12.1 Å². The number of amides is 1. The third-order valence-corrected chi connectivity index (χ3v) is 6.52. The number of likely N-dealkylation sites (tertiary alicyclic amines) is 1. The van der Waals surface area contributed by atoms with E-state index in [9.17, 15) is 18.0 Å². The minimum absolute atomic E-state index is 0.109. The highest BCUT2D eigenvalue weighted by Crippen LogP contribution is 2.28. The lowest BCUT2D eigenvalue weighted by Gasteiger charge is -2.38. The molecule has 5 rings (SSSR count). The molecule has 2 aromatic carbocycles. The van der Waals surface area contributed by atoms with Crippen LogP contribution in [-0.4, -0.2) is 56.7 Å². The smallest absolute Gasteiger partial charge is 0.275 e. The van der Waals surface area contributed by atoms with Crippen LogP contribution >= 0.6 is 0 Å². The molecule has 36 heavy (non-hydrogen) atoms. The predicted molar refractivity (Wildman–Crippen MR) is 130 cm³/mol. The summed E-state index contributed by atoms with van der Waals surface area (Å²) in [4.78, 5) is 26.1. The van der Waals surface area contributed by atoms with Gasteiger partial charge in [0, 0.05) is 57.1 Å². The summed E-state index contributed by atoms with van der Waals surface area (Å²) in [5, 5.41) is 4.44. The number of hydrogen-bond donors (Lipinski definition) is 0. The molecule has 2 aromatic heterocycles. The summed E-state index contributed by atoms with van der Waals surface area (Å²) >= 11 is 0. The first-order chi connectivity index (χ1) is 17.3. The zero-order chi connectivity index (χ0) is 25.4. The van der Waals surface area contributed by atoms with Gasteiger partial charge in [0.25, 0.3) is 5.91 Å². The van der Waals surface area contributed by atoms with Crippen LogP contribution in [0.2, 0.25) is 0 Å². The summed E-state index contributed by atoms with van der Waals surface area (Å²) in [6.07, 6.45) is 5.93. The molecule has 1 fully saturated rings. The van der Waals surface area contributed by atoms with E-state index in [-0.39, 0.29) is 28.8 Å². The van der Waals surface area contributed by atoms with E-state index in [0.717, 1.165) is 31.4 Å². The molecule has 4 aromatic rings. The van der Waals surface area contributed by atoms with Gasteiger partial charge in [-0.05, 0) is 37.0 Å². The molecule has 1 amide bonds. The summed E-state index contributed by atoms with van der Waals surface area (Å²) < 4.78 is 42.3. The van der Waals surface area contributed by atoms with Crippen LogP contribution in [0.25, 0.3) is 22.2 Å². The monoisotopic (exact) mass is 494 g/mol. The van der Waals surface area contributed by atoms with Crippen molar-refractivity contribution in [3.63, 3.8) is 0 Å². The fraction of sp³-hybridized carbons (Fsp3) is 0.308. The van der Waals surface area contributed by atoms with Crippen molar-refractivity contribution in [3.05, 3.63) is 71.9 Å². The quantitative estimate of drug-likeness (QED) is 0.406. The lowest BCUT2D eigenvalue weighted by molar-refractivity contribution is 0.0616. The average Bonchev–Trinajstić information content (AvgIpc) is 3.26. The molecule has 0 radical (unpaired) electrons. The number of halogens is 3. The SMILES string of the molecule is CN(CC1CCCCN1C(=O)c1nn(C)cc1-c1ccc(F)cc1)c1cnc2cc(F)c(F)cc2n1. The Labute approximate surface area is 206 Å². The van der Waals surface area contributed by atoms with Crippen molar-refractivity contribution in [3.8, 4) is 11.1 Å². The van der Waals surface area contributed by atoms with Gasteiger partial charge >= 0.3 is 0 Å². The number of carbonyl (C=O) groups is 1. The van der Waals surface area contributed by atoms with E-state index in [4.69, 9.17) is 0 Å². The fourth-order valence-electron chi connectivity index (χ4n) is 4.67. The van der Waals surface area contributed by atoms with Gasteiger partial charge in [-0.3, -0.25) is 14.5 Å². The van der Waals surface area contributed by atoms with Crippen molar-refractivity contribution >= 4 is 22.8 Å². The van der Waals surface area contributed by atoms with Crippen LogP contribution in [0.4, 0.5) is 19.0 Å². The van der Waals surface area contributed by atoms with Gasteiger partial charge in [0.05, 0.1) is 17.2 Å². The molecule has 3 heterocycles. The maximum Gasteiger partial charge on any atom is 0.275 e. The van der Waals surface area contributed by atoms with Gasteiger partial charge in [0.1, 0.15) is 11.6 Å². The number of aromatic nitrogens is 4. The lowest BCUT2D eigenvalue weighted by Crippen LogP contribution is -2.49. The number of likely N-dealkylation sites (N-methyl/N-ethyl adjacent to an activating group) is 1. The van der Waals surface area contributed by atoms with Crippen LogP contribution in [0.3, 0.4) is 0 Å². The summed E-state index contributed by atoms with van der Waals surface area (Å²) in [5.74, 6) is -1.98. The molecular formula is C26H25F3N6O. The van der Waals surface area contributed by atoms with Gasteiger partial charge in [-0.15, -0.1) is 0 Å². The molecule has 186 valence electrons. The van der Waals surface area contributed by atoms with E-state index < -0.39 is 11.6 Å². The van der Waals surface area contributed by atoms with Gasteiger partial charge in [-0.2, -0.15) is 5.10 Å². The molecular weight excluding hydrogens is 469 g/mol. The van der Waals surface area contributed by atoms with E-state index in [0.29, 0.717) is 35.7 Å². The van der Waals surface area contributed by atoms with Gasteiger partial charge in [0.2, 0.25) is 0 Å². The van der Waals surface area contributed by atoms with Crippen molar-refractivity contribution < 1.29 is 18.0 Å². The second-order valence-electron chi connectivity index (χ2n) is 9.08. The number of fused-ring (bicyclic) bond motifs is 1. The van der Waals surface area contributed by atoms with Crippen molar-refractivity contribution in [1.82, 2.24) is 24.6 Å². The van der Waals surface area contributed by atoms with Crippen LogP contribution in [0.15, 0.2) is 48.8 Å². The second kappa shape index (κ2) is 9.60. The maximum absolute atomic E-state index is 13.7. The minimum Gasteiger partial charge on any atom is -0.356 e. The van der Waals surface area contributed by atoms with Crippen molar-refractivity contribution in [2.45, 2.75) is 25.3 Å². The second-order valence-corrected chi connectivity index (χ2v) is 9.08. The molecule has 0 spiro atoms. The van der Waals surface area contributed by atoms with Crippen LogP contribution in [-0.2, 0) is 7.05 Å². The largest absolute Gasteiger partial charge is 0.356 e. The van der Waals surface area contributed by atoms with Crippen LogP contribution in [0.1, 0.15) is 29.8 Å². The highest BCUT2D eigenvalue weighted by Gasteiger charge is 2.31. The van der Waals surface area contributed by atoms with E-state index in [2.05, 4.69) is 15.1 Å². The molecule has 1 saturated heterocycles. The topological polar surface area (TPSA) is 67.2 Å². The van der Waals surface area contributed by atoms with Gasteiger partial charge < -0.3 is 9.80 Å². The van der Waals surface area contributed by atoms with Crippen molar-refractivity contribution in [2.75, 3.05) is 25.0 Å². The number of aryl methyl sites for hydroxylation is 1. The Kier molecular flexibility index (Phi) is 6.34. The van der Waals surface area contributed by atoms with Gasteiger partial charge in [-0.25, -0.2) is 18.2 Å². The number of piperidine rings is 1. The number of carbonyl (C=O) groups excluding carboxylic acids is 1. The number of anilines is 1. The molecule has 1 aliphatic rings. The normalized spacial score (nSPS) is 15.9. The Balaban J connectivity index is 1.39. The molecule has 0 bridgehead atoms. The summed E-state index contributed by atoms with van der Waals surface area (Å²) in [5.41, 5.74) is 2.21. The molecule has 0 saturated carbocycles. The highest BCUT2D eigenvalue weighted by molar-refractivity contribution is 5.99. The molecule has 0 N–H and O–H groups in total. The predicted octanol–water partition coefficient (Wildman–Crippen LogP) is 4.58. The molecule has 7 nitrogen and oxygen atoms in total. The zero-order valence-corrected chi connectivity index (χ0v) is 20.0. The summed E-state index contributed by atoms with van der Waals surface area (Å²) in [7, 11) is 3.58. The Morgan fingerprint density at radius 1 is 1.08 bits per heavy atom. The van der Waals surface area contributed by atoms with Crippen LogP contribution in [0, 0.1) is 17.5 Å². The fourth-order valence-corrected chi connectivity index (χ4v) is 4.67. The Morgan fingerprint density at radius 2 is 1.81 bits per heavy atom. The first kappa shape index (κ1) is 23.8. The Morgan fingerprint density at radius 3 is 2.56 bits per heavy atom. The van der Waals surface area contributed by atoms with Crippen LogP contribution < -0.4 is 4.90 Å². The number of rotatable bonds is 5. The number of nitrogens with zero attached hydrogens (tertiary/aromatic N) is 6. The third-order valence-electron chi connectivity index (χ3n) is 6.52. The standard InChI is InChI=1S/C26H25F3N6O/c1-33(24-13-30-22-11-20(28)21(29)12-23(22)31-24)14-18-5-3-4-10-35(18)26(36)25-19(15-34(2)32-25)16-6-8-17(27)9-7-16/h6-9,11-13,15,18H,3-5,10,14H2,1-2H3. The molecule has 1 atom stereocenters. The highest BCUT2D eigenvalue weighted by atomic mass is 19.2. The molecule has 10 heteroatoms. The number of hydrogen-bond acceptors (Lipinski definition) is 5.